The molecule has 4 aromatic heterocycles. The Hall–Kier alpha value is -8.61. The van der Waals surface area contributed by atoms with Gasteiger partial charge in [0.2, 0.25) is 0 Å². The van der Waals surface area contributed by atoms with E-state index in [2.05, 4.69) is 168 Å². The molecular formula is C57H34N4O2. The molecule has 0 fully saturated rings. The minimum Gasteiger partial charge on any atom is -0.456 e. The van der Waals surface area contributed by atoms with Crippen LogP contribution in [0.25, 0.3) is 128 Å². The molecule has 294 valence electrons. The number of benzene rings is 9. The highest BCUT2D eigenvalue weighted by Gasteiger charge is 2.20. The van der Waals surface area contributed by atoms with Crippen molar-refractivity contribution in [3.8, 4) is 62.1 Å². The first-order chi connectivity index (χ1) is 31.2. The van der Waals surface area contributed by atoms with Crippen molar-refractivity contribution in [3.05, 3.63) is 206 Å². The molecule has 9 aromatic carbocycles. The van der Waals surface area contributed by atoms with Crippen LogP contribution >= 0.6 is 0 Å². The Bertz CT molecular complexity index is 3900. The monoisotopic (exact) mass is 806 g/mol. The second-order valence-corrected chi connectivity index (χ2v) is 15.9. The van der Waals surface area contributed by atoms with Crippen molar-refractivity contribution >= 4 is 65.7 Å². The lowest BCUT2D eigenvalue weighted by Crippen LogP contribution is -2.00. The van der Waals surface area contributed by atoms with Gasteiger partial charge in [0.25, 0.3) is 0 Å². The van der Waals surface area contributed by atoms with Crippen LogP contribution < -0.4 is 0 Å². The fourth-order valence-corrected chi connectivity index (χ4v) is 9.30. The summed E-state index contributed by atoms with van der Waals surface area (Å²) in [4.78, 5) is 15.4. The predicted octanol–water partition coefficient (Wildman–Crippen LogP) is 15.1. The van der Waals surface area contributed by atoms with E-state index in [9.17, 15) is 0 Å². The van der Waals surface area contributed by atoms with E-state index < -0.39 is 0 Å². The van der Waals surface area contributed by atoms with Crippen LogP contribution in [0, 0.1) is 0 Å². The van der Waals surface area contributed by atoms with Crippen molar-refractivity contribution in [1.29, 1.82) is 0 Å². The van der Waals surface area contributed by atoms with E-state index in [0.717, 1.165) is 94.0 Å². The molecule has 0 saturated heterocycles. The SMILES string of the molecule is c1ccc(-c2ccc(-c3nc(-c4ccc5c(c4)oc4cc(-c6cccc7c8ccccc8n(-c8ccccc8)c67)ccc45)nc(-c4cccc5c4oc4ccccc45)n3)cc2)cc1. The van der Waals surface area contributed by atoms with Gasteiger partial charge in [-0.25, -0.2) is 15.0 Å². The highest BCUT2D eigenvalue weighted by Crippen LogP contribution is 2.41. The van der Waals surface area contributed by atoms with Crippen molar-refractivity contribution in [2.24, 2.45) is 0 Å². The molecule has 0 bridgehead atoms. The Morgan fingerprint density at radius 1 is 0.317 bits per heavy atom. The van der Waals surface area contributed by atoms with Gasteiger partial charge >= 0.3 is 0 Å². The van der Waals surface area contributed by atoms with Gasteiger partial charge in [-0.3, -0.25) is 0 Å². The minimum absolute atomic E-state index is 0.531. The molecule has 0 radical (unpaired) electrons. The van der Waals surface area contributed by atoms with Crippen LogP contribution in [0.1, 0.15) is 0 Å². The van der Waals surface area contributed by atoms with E-state index in [4.69, 9.17) is 23.8 Å². The van der Waals surface area contributed by atoms with E-state index in [1.807, 2.05) is 42.5 Å². The topological polar surface area (TPSA) is 69.9 Å². The van der Waals surface area contributed by atoms with Crippen molar-refractivity contribution in [1.82, 2.24) is 19.5 Å². The van der Waals surface area contributed by atoms with Crippen molar-refractivity contribution < 1.29 is 8.83 Å². The predicted molar refractivity (Wildman–Crippen MR) is 256 cm³/mol. The highest BCUT2D eigenvalue weighted by molar-refractivity contribution is 6.15. The number of hydrogen-bond donors (Lipinski definition) is 0. The van der Waals surface area contributed by atoms with Crippen LogP contribution in [0.15, 0.2) is 215 Å². The Balaban J connectivity index is 0.954. The average Bonchev–Trinajstić information content (AvgIpc) is 4.03. The summed E-state index contributed by atoms with van der Waals surface area (Å²) >= 11 is 0. The van der Waals surface area contributed by atoms with E-state index in [1.54, 1.807) is 0 Å². The molecule has 0 N–H and O–H groups in total. The molecular weight excluding hydrogens is 773 g/mol. The number of nitrogens with zero attached hydrogens (tertiary/aromatic N) is 4. The zero-order chi connectivity index (χ0) is 41.4. The summed E-state index contributed by atoms with van der Waals surface area (Å²) in [5.74, 6) is 1.64. The molecule has 6 heteroatoms. The van der Waals surface area contributed by atoms with Gasteiger partial charge in [0.15, 0.2) is 17.5 Å². The van der Waals surface area contributed by atoms with Crippen molar-refractivity contribution in [2.75, 3.05) is 0 Å². The molecule has 0 unspecified atom stereocenters. The minimum atomic E-state index is 0.531. The third-order valence-corrected chi connectivity index (χ3v) is 12.3. The zero-order valence-corrected chi connectivity index (χ0v) is 33.7. The number of hydrogen-bond acceptors (Lipinski definition) is 5. The summed E-state index contributed by atoms with van der Waals surface area (Å²) < 4.78 is 15.6. The lowest BCUT2D eigenvalue weighted by molar-refractivity contribution is 0.668. The first-order valence-electron chi connectivity index (χ1n) is 21.1. The average molecular weight is 807 g/mol. The fourth-order valence-electron chi connectivity index (χ4n) is 9.30. The van der Waals surface area contributed by atoms with Crippen LogP contribution in [0.5, 0.6) is 0 Å². The van der Waals surface area contributed by atoms with Gasteiger partial charge < -0.3 is 13.4 Å². The smallest absolute Gasteiger partial charge is 0.167 e. The number of furan rings is 2. The second kappa shape index (κ2) is 14.0. The Labute approximate surface area is 361 Å². The standard InChI is InChI=1S/C57H34N4O2/c1-3-13-35(14-4-1)36-25-27-37(28-26-36)55-58-56(60-57(59-55)48-22-12-21-47-43-18-8-10-24-50(43)63-54(47)48)39-30-32-45-44-31-29-38(33-51(44)62-52(45)34-39)41-19-11-20-46-42-17-7-9-23-49(42)61(53(41)46)40-15-5-2-6-16-40/h1-34H. The van der Waals surface area contributed by atoms with Crippen molar-refractivity contribution in [3.63, 3.8) is 0 Å². The third-order valence-electron chi connectivity index (χ3n) is 12.3. The number of aromatic nitrogens is 4. The first kappa shape index (κ1) is 35.2. The quantitative estimate of drug-likeness (QED) is 0.167. The zero-order valence-electron chi connectivity index (χ0n) is 33.7. The van der Waals surface area contributed by atoms with Gasteiger partial charge in [0, 0.05) is 54.7 Å². The van der Waals surface area contributed by atoms with Gasteiger partial charge in [0.1, 0.15) is 22.3 Å². The molecule has 0 aliphatic heterocycles. The van der Waals surface area contributed by atoms with E-state index in [-0.39, 0.29) is 0 Å². The van der Waals surface area contributed by atoms with Gasteiger partial charge in [0.05, 0.1) is 16.6 Å². The number of para-hydroxylation sites is 5. The van der Waals surface area contributed by atoms with Crippen LogP contribution in [0.3, 0.4) is 0 Å². The highest BCUT2D eigenvalue weighted by atomic mass is 16.3. The number of rotatable bonds is 6. The van der Waals surface area contributed by atoms with Crippen LogP contribution in [0.4, 0.5) is 0 Å². The van der Waals surface area contributed by atoms with Gasteiger partial charge in [-0.05, 0) is 71.3 Å². The molecule has 0 amide bonds. The van der Waals surface area contributed by atoms with Crippen LogP contribution in [-0.4, -0.2) is 19.5 Å². The maximum absolute atomic E-state index is 6.75. The largest absolute Gasteiger partial charge is 0.456 e. The van der Waals surface area contributed by atoms with E-state index in [0.29, 0.717) is 17.5 Å². The summed E-state index contributed by atoms with van der Waals surface area (Å²) in [6.45, 7) is 0. The Morgan fingerprint density at radius 3 is 1.65 bits per heavy atom. The van der Waals surface area contributed by atoms with E-state index in [1.165, 1.54) is 16.3 Å². The molecule has 13 aromatic rings. The molecule has 6 nitrogen and oxygen atoms in total. The van der Waals surface area contributed by atoms with Gasteiger partial charge in [-0.1, -0.05) is 152 Å². The molecule has 0 spiro atoms. The third kappa shape index (κ3) is 5.69. The molecule has 13 rings (SSSR count). The van der Waals surface area contributed by atoms with E-state index >= 15 is 0 Å². The fraction of sp³-hybridized carbons (Fsp3) is 0. The Morgan fingerprint density at radius 2 is 0.857 bits per heavy atom. The normalized spacial score (nSPS) is 11.8. The summed E-state index contributed by atoms with van der Waals surface area (Å²) in [6.07, 6.45) is 0. The van der Waals surface area contributed by atoms with Crippen LogP contribution in [0.2, 0.25) is 0 Å². The lowest BCUT2D eigenvalue weighted by atomic mass is 10.00. The van der Waals surface area contributed by atoms with Gasteiger partial charge in [-0.2, -0.15) is 0 Å². The molecule has 0 aliphatic rings. The second-order valence-electron chi connectivity index (χ2n) is 15.9. The Kier molecular flexibility index (Phi) is 7.80. The summed E-state index contributed by atoms with van der Waals surface area (Å²) in [7, 11) is 0. The summed E-state index contributed by atoms with van der Waals surface area (Å²) in [5.41, 5.74) is 13.6. The maximum atomic E-state index is 6.75. The molecule has 0 atom stereocenters. The summed E-state index contributed by atoms with van der Waals surface area (Å²) in [5, 5.41) is 6.56. The molecule has 63 heavy (non-hydrogen) atoms. The number of fused-ring (bicyclic) bond motifs is 9. The maximum Gasteiger partial charge on any atom is 0.167 e. The lowest BCUT2D eigenvalue weighted by Gasteiger charge is -2.11. The van der Waals surface area contributed by atoms with Crippen molar-refractivity contribution in [2.45, 2.75) is 0 Å². The molecule has 4 heterocycles. The summed E-state index contributed by atoms with van der Waals surface area (Å²) in [6, 6.07) is 71.6. The first-order valence-corrected chi connectivity index (χ1v) is 21.1. The van der Waals surface area contributed by atoms with Gasteiger partial charge in [-0.15, -0.1) is 0 Å². The van der Waals surface area contributed by atoms with Crippen LogP contribution in [-0.2, 0) is 0 Å². The molecule has 0 aliphatic carbocycles. The molecule has 0 saturated carbocycles.